The van der Waals surface area contributed by atoms with Crippen LogP contribution in [0.15, 0.2) is 77.7 Å². The van der Waals surface area contributed by atoms with Gasteiger partial charge in [0.2, 0.25) is 15.9 Å². The van der Waals surface area contributed by atoms with Crippen molar-refractivity contribution in [2.75, 3.05) is 13.7 Å². The Morgan fingerprint density at radius 3 is 2.27 bits per heavy atom. The molecule has 3 rings (SSSR count). The number of carbonyl (C=O) groups is 1. The summed E-state index contributed by atoms with van der Waals surface area (Å²) in [5.41, 5.74) is 1.93. The second-order valence-corrected chi connectivity index (χ2v) is 9.68. The van der Waals surface area contributed by atoms with Crippen molar-refractivity contribution in [2.45, 2.75) is 31.3 Å². The highest BCUT2D eigenvalue weighted by atomic mass is 32.2. The summed E-state index contributed by atoms with van der Waals surface area (Å²) in [4.78, 5) is 12.9. The van der Waals surface area contributed by atoms with Crippen LogP contribution in [0.1, 0.15) is 29.7 Å². The van der Waals surface area contributed by atoms with Crippen LogP contribution in [-0.4, -0.2) is 32.3 Å². The Labute approximate surface area is 194 Å². The van der Waals surface area contributed by atoms with Crippen molar-refractivity contribution in [3.63, 3.8) is 0 Å². The normalized spacial score (nSPS) is 12.4. The van der Waals surface area contributed by atoms with Crippen molar-refractivity contribution in [1.82, 2.24) is 9.62 Å². The number of ether oxygens (including phenoxy) is 1. The Bertz CT molecular complexity index is 1200. The van der Waals surface area contributed by atoms with Gasteiger partial charge in [-0.3, -0.25) is 4.79 Å². The van der Waals surface area contributed by atoms with Gasteiger partial charge in [-0.1, -0.05) is 48.0 Å². The molecule has 0 aliphatic heterocycles. The van der Waals surface area contributed by atoms with Crippen LogP contribution >= 0.6 is 0 Å². The molecule has 0 saturated heterocycles. The Morgan fingerprint density at radius 1 is 1.03 bits per heavy atom. The standard InChI is InChI=1S/C25H27FN2O4S/c1-18-8-14-23(15-9-18)33(30,31)28(16-21-6-4-5-7-24(21)26)17-25(29)27-19(2)20-10-12-22(32-3)13-11-20/h4-15,19H,16-17H2,1-3H3,(H,27,29)/t19-/m1/s1. The van der Waals surface area contributed by atoms with E-state index in [1.165, 1.54) is 30.3 Å². The van der Waals surface area contributed by atoms with E-state index in [0.717, 1.165) is 15.4 Å². The molecule has 6 nitrogen and oxygen atoms in total. The summed E-state index contributed by atoms with van der Waals surface area (Å²) in [5, 5.41) is 2.82. The molecule has 174 valence electrons. The number of nitrogens with zero attached hydrogens (tertiary/aromatic N) is 1. The van der Waals surface area contributed by atoms with Crippen molar-refractivity contribution in [2.24, 2.45) is 0 Å². The minimum absolute atomic E-state index is 0.0421. The summed E-state index contributed by atoms with van der Waals surface area (Å²) in [6.45, 7) is 2.93. The second-order valence-electron chi connectivity index (χ2n) is 7.74. The summed E-state index contributed by atoms with van der Waals surface area (Å²) < 4.78 is 47.1. The van der Waals surface area contributed by atoms with Gasteiger partial charge in [0.1, 0.15) is 11.6 Å². The predicted molar refractivity (Wildman–Crippen MR) is 125 cm³/mol. The second kappa shape index (κ2) is 10.6. The van der Waals surface area contributed by atoms with Crippen LogP contribution in [0.4, 0.5) is 4.39 Å². The molecular weight excluding hydrogens is 443 g/mol. The van der Waals surface area contributed by atoms with E-state index in [9.17, 15) is 17.6 Å². The number of rotatable bonds is 9. The maximum atomic E-state index is 14.3. The molecule has 33 heavy (non-hydrogen) atoms. The van der Waals surface area contributed by atoms with E-state index in [-0.39, 0.29) is 23.0 Å². The molecule has 1 amide bonds. The van der Waals surface area contributed by atoms with E-state index < -0.39 is 28.3 Å². The van der Waals surface area contributed by atoms with Gasteiger partial charge in [-0.25, -0.2) is 12.8 Å². The number of aryl methyl sites for hydroxylation is 1. The monoisotopic (exact) mass is 470 g/mol. The lowest BCUT2D eigenvalue weighted by Gasteiger charge is -2.23. The van der Waals surface area contributed by atoms with Gasteiger partial charge in [0.05, 0.1) is 24.6 Å². The van der Waals surface area contributed by atoms with Gasteiger partial charge in [0.25, 0.3) is 0 Å². The van der Waals surface area contributed by atoms with Gasteiger partial charge >= 0.3 is 0 Å². The van der Waals surface area contributed by atoms with Crippen LogP contribution in [0.3, 0.4) is 0 Å². The molecule has 1 N–H and O–H groups in total. The number of sulfonamides is 1. The Morgan fingerprint density at radius 2 is 1.67 bits per heavy atom. The molecule has 0 aromatic heterocycles. The largest absolute Gasteiger partial charge is 0.497 e. The van der Waals surface area contributed by atoms with Gasteiger partial charge in [-0.15, -0.1) is 0 Å². The lowest BCUT2D eigenvalue weighted by molar-refractivity contribution is -0.122. The maximum Gasteiger partial charge on any atom is 0.243 e. The minimum Gasteiger partial charge on any atom is -0.497 e. The number of methoxy groups -OCH3 is 1. The van der Waals surface area contributed by atoms with Crippen molar-refractivity contribution >= 4 is 15.9 Å². The summed E-state index contributed by atoms with van der Waals surface area (Å²) in [7, 11) is -2.48. The van der Waals surface area contributed by atoms with Crippen LogP contribution < -0.4 is 10.1 Å². The third-order valence-electron chi connectivity index (χ3n) is 5.28. The zero-order valence-electron chi connectivity index (χ0n) is 18.8. The molecular formula is C25H27FN2O4S. The van der Waals surface area contributed by atoms with Crippen LogP contribution in [0.25, 0.3) is 0 Å². The number of hydrogen-bond acceptors (Lipinski definition) is 4. The zero-order chi connectivity index (χ0) is 24.0. The molecule has 0 bridgehead atoms. The summed E-state index contributed by atoms with van der Waals surface area (Å²) in [5.74, 6) is -0.337. The maximum absolute atomic E-state index is 14.3. The Balaban J connectivity index is 1.83. The highest BCUT2D eigenvalue weighted by molar-refractivity contribution is 7.89. The number of benzene rings is 3. The molecule has 0 spiro atoms. The lowest BCUT2D eigenvalue weighted by atomic mass is 10.1. The van der Waals surface area contributed by atoms with Gasteiger partial charge in [-0.2, -0.15) is 4.31 Å². The van der Waals surface area contributed by atoms with Crippen molar-refractivity contribution in [3.05, 3.63) is 95.3 Å². The summed E-state index contributed by atoms with van der Waals surface area (Å²) >= 11 is 0. The molecule has 0 aliphatic rings. The average Bonchev–Trinajstić information content (AvgIpc) is 2.80. The lowest BCUT2D eigenvalue weighted by Crippen LogP contribution is -2.41. The number of carbonyl (C=O) groups excluding carboxylic acids is 1. The number of hydrogen-bond donors (Lipinski definition) is 1. The number of halogens is 1. The topological polar surface area (TPSA) is 75.7 Å². The first kappa shape index (κ1) is 24.4. The third-order valence-corrected chi connectivity index (χ3v) is 7.08. The Hall–Kier alpha value is -3.23. The quantitative estimate of drug-likeness (QED) is 0.508. The molecule has 1 atom stereocenters. The fourth-order valence-corrected chi connectivity index (χ4v) is 4.70. The van der Waals surface area contributed by atoms with Crippen LogP contribution in [0.2, 0.25) is 0 Å². The van der Waals surface area contributed by atoms with E-state index in [1.54, 1.807) is 44.4 Å². The molecule has 0 radical (unpaired) electrons. The van der Waals surface area contributed by atoms with Gasteiger partial charge in [0.15, 0.2) is 0 Å². The number of nitrogens with one attached hydrogen (secondary N) is 1. The van der Waals surface area contributed by atoms with E-state index in [4.69, 9.17) is 4.74 Å². The molecule has 0 saturated carbocycles. The first-order valence-electron chi connectivity index (χ1n) is 10.4. The zero-order valence-corrected chi connectivity index (χ0v) is 19.6. The first-order valence-corrected chi connectivity index (χ1v) is 11.9. The molecule has 0 fully saturated rings. The molecule has 0 aliphatic carbocycles. The SMILES string of the molecule is COc1ccc([C@@H](C)NC(=O)CN(Cc2ccccc2F)S(=O)(=O)c2ccc(C)cc2)cc1. The minimum atomic E-state index is -4.05. The molecule has 3 aromatic rings. The third kappa shape index (κ3) is 6.18. The molecule has 8 heteroatoms. The molecule has 3 aromatic carbocycles. The highest BCUT2D eigenvalue weighted by Crippen LogP contribution is 2.21. The first-order chi connectivity index (χ1) is 15.7. The Kier molecular flexibility index (Phi) is 7.84. The van der Waals surface area contributed by atoms with Gasteiger partial charge in [0, 0.05) is 12.1 Å². The smallest absolute Gasteiger partial charge is 0.243 e. The fraction of sp³-hybridized carbons (Fsp3) is 0.240. The van der Waals surface area contributed by atoms with Crippen molar-refractivity contribution in [1.29, 1.82) is 0 Å². The van der Waals surface area contributed by atoms with Crippen LogP contribution in [0, 0.1) is 12.7 Å². The average molecular weight is 471 g/mol. The fourth-order valence-electron chi connectivity index (χ4n) is 3.33. The van der Waals surface area contributed by atoms with Crippen molar-refractivity contribution < 1.29 is 22.3 Å². The van der Waals surface area contributed by atoms with Crippen molar-refractivity contribution in [3.8, 4) is 5.75 Å². The van der Waals surface area contributed by atoms with E-state index in [1.807, 2.05) is 19.1 Å². The van der Waals surface area contributed by atoms with Gasteiger partial charge < -0.3 is 10.1 Å². The highest BCUT2D eigenvalue weighted by Gasteiger charge is 2.28. The van der Waals surface area contributed by atoms with E-state index in [0.29, 0.717) is 5.75 Å². The van der Waals surface area contributed by atoms with Crippen LogP contribution in [-0.2, 0) is 21.4 Å². The predicted octanol–water partition coefficient (Wildman–Crippen LogP) is 4.21. The van der Waals surface area contributed by atoms with E-state index >= 15 is 0 Å². The molecule has 0 unspecified atom stereocenters. The number of amides is 1. The summed E-state index contributed by atoms with van der Waals surface area (Å²) in [6, 6.07) is 19.1. The molecule has 0 heterocycles. The van der Waals surface area contributed by atoms with E-state index in [2.05, 4.69) is 5.32 Å². The van der Waals surface area contributed by atoms with Gasteiger partial charge in [-0.05, 0) is 49.7 Å². The van der Waals surface area contributed by atoms with Crippen LogP contribution in [0.5, 0.6) is 5.75 Å². The summed E-state index contributed by atoms with van der Waals surface area (Å²) in [6.07, 6.45) is 0.